The van der Waals surface area contributed by atoms with Crippen molar-refractivity contribution in [2.45, 2.75) is 31.9 Å². The normalized spacial score (nSPS) is 17.6. The first-order valence-corrected chi connectivity index (χ1v) is 9.70. The fourth-order valence-corrected chi connectivity index (χ4v) is 3.47. The lowest BCUT2D eigenvalue weighted by atomic mass is 10.1. The molecule has 0 saturated carbocycles. The van der Waals surface area contributed by atoms with E-state index < -0.39 is 0 Å². The predicted octanol–water partition coefficient (Wildman–Crippen LogP) is 2.59. The summed E-state index contributed by atoms with van der Waals surface area (Å²) in [6.45, 7) is 4.71. The third kappa shape index (κ3) is 4.71. The topological polar surface area (TPSA) is 72.4 Å². The number of ether oxygens (including phenoxy) is 2. The maximum absolute atomic E-state index is 6.15. The highest BCUT2D eigenvalue weighted by Gasteiger charge is 2.21. The first-order valence-electron chi connectivity index (χ1n) is 8.52. The SMILES string of the molecule is COCC(C)Nc1ncc2c(OC3CCN(SC)CC3)nccc2n1. The number of pyridine rings is 1. The molecule has 1 aliphatic heterocycles. The maximum atomic E-state index is 6.15. The Labute approximate surface area is 152 Å². The lowest BCUT2D eigenvalue weighted by Gasteiger charge is -2.30. The van der Waals surface area contributed by atoms with Crippen LogP contribution in [0, 0.1) is 0 Å². The van der Waals surface area contributed by atoms with Crippen molar-refractivity contribution < 1.29 is 9.47 Å². The molecule has 1 atom stereocenters. The highest BCUT2D eigenvalue weighted by Crippen LogP contribution is 2.26. The molecule has 3 rings (SSSR count). The lowest BCUT2D eigenvalue weighted by molar-refractivity contribution is 0.135. The maximum Gasteiger partial charge on any atom is 0.224 e. The van der Waals surface area contributed by atoms with Gasteiger partial charge in [-0.2, -0.15) is 0 Å². The fourth-order valence-electron chi connectivity index (χ4n) is 2.90. The van der Waals surface area contributed by atoms with Gasteiger partial charge in [-0.3, -0.25) is 4.31 Å². The van der Waals surface area contributed by atoms with Gasteiger partial charge in [0, 0.05) is 38.6 Å². The van der Waals surface area contributed by atoms with Gasteiger partial charge in [0.25, 0.3) is 0 Å². The largest absolute Gasteiger partial charge is 0.474 e. The smallest absolute Gasteiger partial charge is 0.224 e. The molecule has 3 heterocycles. The van der Waals surface area contributed by atoms with Crippen LogP contribution in [0.4, 0.5) is 5.95 Å². The fraction of sp³-hybridized carbons (Fsp3) is 0.588. The average molecular weight is 363 g/mol. The Morgan fingerprint density at radius 1 is 1.36 bits per heavy atom. The lowest BCUT2D eigenvalue weighted by Crippen LogP contribution is -2.34. The monoisotopic (exact) mass is 363 g/mol. The third-order valence-electron chi connectivity index (χ3n) is 4.20. The van der Waals surface area contributed by atoms with Gasteiger partial charge in [-0.1, -0.05) is 11.9 Å². The Hall–Kier alpha value is -1.64. The molecule has 1 fully saturated rings. The Bertz CT molecular complexity index is 694. The Morgan fingerprint density at radius 3 is 2.88 bits per heavy atom. The molecule has 0 spiro atoms. The number of aromatic nitrogens is 3. The van der Waals surface area contributed by atoms with Crippen molar-refractivity contribution >= 4 is 28.8 Å². The van der Waals surface area contributed by atoms with Crippen molar-refractivity contribution in [3.8, 4) is 5.88 Å². The van der Waals surface area contributed by atoms with E-state index in [1.54, 1.807) is 31.5 Å². The number of fused-ring (bicyclic) bond motifs is 1. The standard InChI is InChI=1S/C17H25N5O2S/c1-12(11-23-2)20-17-19-10-14-15(21-17)4-7-18-16(14)24-13-5-8-22(25-3)9-6-13/h4,7,10,12-13H,5-6,8-9,11H2,1-3H3,(H,19,20,21). The molecule has 25 heavy (non-hydrogen) atoms. The predicted molar refractivity (Wildman–Crippen MR) is 101 cm³/mol. The van der Waals surface area contributed by atoms with E-state index in [1.807, 2.05) is 13.0 Å². The van der Waals surface area contributed by atoms with E-state index in [0.29, 0.717) is 18.4 Å². The molecule has 7 nitrogen and oxygen atoms in total. The van der Waals surface area contributed by atoms with E-state index in [9.17, 15) is 0 Å². The van der Waals surface area contributed by atoms with Crippen molar-refractivity contribution in [1.82, 2.24) is 19.3 Å². The van der Waals surface area contributed by atoms with Crippen molar-refractivity contribution in [1.29, 1.82) is 0 Å². The minimum atomic E-state index is 0.140. The first-order chi connectivity index (χ1) is 12.2. The summed E-state index contributed by atoms with van der Waals surface area (Å²) in [5, 5.41) is 4.08. The van der Waals surface area contributed by atoms with Crippen LogP contribution in [0.2, 0.25) is 0 Å². The van der Waals surface area contributed by atoms with E-state index in [0.717, 1.165) is 36.8 Å². The van der Waals surface area contributed by atoms with Gasteiger partial charge in [-0.25, -0.2) is 15.0 Å². The van der Waals surface area contributed by atoms with Crippen LogP contribution in [-0.4, -0.2) is 64.5 Å². The molecule has 1 N–H and O–H groups in total. The summed E-state index contributed by atoms with van der Waals surface area (Å²) in [4.78, 5) is 13.4. The van der Waals surface area contributed by atoms with Crippen LogP contribution in [0.15, 0.2) is 18.5 Å². The van der Waals surface area contributed by atoms with Crippen LogP contribution in [0.25, 0.3) is 10.9 Å². The number of anilines is 1. The van der Waals surface area contributed by atoms with Crippen molar-refractivity contribution in [3.05, 3.63) is 18.5 Å². The number of rotatable bonds is 7. The first kappa shape index (κ1) is 18.2. The van der Waals surface area contributed by atoms with Gasteiger partial charge in [0.05, 0.1) is 17.5 Å². The molecule has 0 bridgehead atoms. The summed E-state index contributed by atoms with van der Waals surface area (Å²) in [7, 11) is 1.68. The second kappa shape index (κ2) is 8.64. The van der Waals surface area contributed by atoms with Gasteiger partial charge in [-0.15, -0.1) is 0 Å². The molecule has 0 aliphatic carbocycles. The number of hydrogen-bond acceptors (Lipinski definition) is 8. The van der Waals surface area contributed by atoms with Crippen molar-refractivity contribution in [2.24, 2.45) is 0 Å². The molecule has 1 aliphatic rings. The second-order valence-electron chi connectivity index (χ2n) is 6.17. The zero-order chi connectivity index (χ0) is 17.6. The molecule has 8 heteroatoms. The average Bonchev–Trinajstić information content (AvgIpc) is 2.62. The quantitative estimate of drug-likeness (QED) is 0.753. The van der Waals surface area contributed by atoms with E-state index in [4.69, 9.17) is 9.47 Å². The van der Waals surface area contributed by atoms with Gasteiger partial charge in [0.1, 0.15) is 6.10 Å². The molecule has 0 radical (unpaired) electrons. The molecule has 1 saturated heterocycles. The van der Waals surface area contributed by atoms with Crippen LogP contribution in [-0.2, 0) is 4.74 Å². The van der Waals surface area contributed by atoms with Gasteiger partial charge in [0.15, 0.2) is 0 Å². The van der Waals surface area contributed by atoms with Crippen LogP contribution in [0.3, 0.4) is 0 Å². The van der Waals surface area contributed by atoms with Gasteiger partial charge in [0.2, 0.25) is 11.8 Å². The summed E-state index contributed by atoms with van der Waals surface area (Å²) in [5.74, 6) is 1.21. The van der Waals surface area contributed by atoms with Crippen LogP contribution in [0.1, 0.15) is 19.8 Å². The molecule has 0 aromatic carbocycles. The number of hydrogen-bond donors (Lipinski definition) is 1. The van der Waals surface area contributed by atoms with Gasteiger partial charge < -0.3 is 14.8 Å². The number of nitrogens with one attached hydrogen (secondary N) is 1. The minimum Gasteiger partial charge on any atom is -0.474 e. The number of piperidine rings is 1. The van der Waals surface area contributed by atoms with Crippen molar-refractivity contribution in [3.63, 3.8) is 0 Å². The summed E-state index contributed by atoms with van der Waals surface area (Å²) >= 11 is 1.79. The third-order valence-corrected chi connectivity index (χ3v) is 5.08. The van der Waals surface area contributed by atoms with Crippen LogP contribution in [0.5, 0.6) is 5.88 Å². The second-order valence-corrected chi connectivity index (χ2v) is 7.05. The van der Waals surface area contributed by atoms with E-state index in [1.165, 1.54) is 0 Å². The molecular formula is C17H25N5O2S. The number of nitrogens with zero attached hydrogens (tertiary/aromatic N) is 4. The van der Waals surface area contributed by atoms with E-state index in [2.05, 4.69) is 30.8 Å². The molecule has 2 aromatic rings. The summed E-state index contributed by atoms with van der Waals surface area (Å²) in [5.41, 5.74) is 0.827. The molecule has 136 valence electrons. The molecular weight excluding hydrogens is 338 g/mol. The Kier molecular flexibility index (Phi) is 6.28. The summed E-state index contributed by atoms with van der Waals surface area (Å²) in [6.07, 6.45) is 7.85. The summed E-state index contributed by atoms with van der Waals surface area (Å²) in [6, 6.07) is 2.02. The van der Waals surface area contributed by atoms with Gasteiger partial charge in [-0.05, 0) is 32.1 Å². The zero-order valence-electron chi connectivity index (χ0n) is 14.9. The highest BCUT2D eigenvalue weighted by atomic mass is 32.2. The molecule has 0 amide bonds. The number of methoxy groups -OCH3 is 1. The highest BCUT2D eigenvalue weighted by molar-refractivity contribution is 7.96. The van der Waals surface area contributed by atoms with Crippen LogP contribution < -0.4 is 10.1 Å². The minimum absolute atomic E-state index is 0.140. The van der Waals surface area contributed by atoms with Crippen molar-refractivity contribution in [2.75, 3.05) is 38.4 Å². The Balaban J connectivity index is 1.71. The van der Waals surface area contributed by atoms with Gasteiger partial charge >= 0.3 is 0 Å². The summed E-state index contributed by atoms with van der Waals surface area (Å²) < 4.78 is 13.6. The van der Waals surface area contributed by atoms with E-state index in [-0.39, 0.29) is 12.1 Å². The molecule has 1 unspecified atom stereocenters. The zero-order valence-corrected chi connectivity index (χ0v) is 15.8. The van der Waals surface area contributed by atoms with Crippen LogP contribution >= 0.6 is 11.9 Å². The Morgan fingerprint density at radius 2 is 2.16 bits per heavy atom. The molecule has 2 aromatic heterocycles. The van der Waals surface area contributed by atoms with E-state index >= 15 is 0 Å².